The average Bonchev–Trinajstić information content (AvgIpc) is 3.77. The molecule has 0 spiro atoms. The molecule has 2 fully saturated rings. The minimum atomic E-state index is -0.689. The Morgan fingerprint density at radius 3 is 1.88 bits per heavy atom. The number of nitrogens with one attached hydrogen (secondary N) is 2. The molecule has 4 N–H and O–H groups in total. The van der Waals surface area contributed by atoms with Crippen LogP contribution in [0.1, 0.15) is 40.0 Å². The summed E-state index contributed by atoms with van der Waals surface area (Å²) in [5, 5.41) is 7.03. The van der Waals surface area contributed by atoms with Crippen molar-refractivity contribution in [3.05, 3.63) is 65.3 Å². The van der Waals surface area contributed by atoms with E-state index in [9.17, 15) is 4.39 Å². The first-order valence-electron chi connectivity index (χ1n) is 15.8. The normalized spacial score (nSPS) is 18.6. The molecule has 0 aliphatic carbocycles. The van der Waals surface area contributed by atoms with E-state index in [4.69, 9.17) is 43.1 Å². The van der Waals surface area contributed by atoms with Crippen molar-refractivity contribution in [2.75, 3.05) is 43.7 Å². The maximum Gasteiger partial charge on any atom is 0.232 e. The van der Waals surface area contributed by atoms with Gasteiger partial charge in [-0.05, 0) is 44.2 Å². The van der Waals surface area contributed by atoms with Crippen LogP contribution in [0, 0.1) is 11.9 Å². The molecule has 2 aliphatic rings. The lowest BCUT2D eigenvalue weighted by Gasteiger charge is -2.26. The summed E-state index contributed by atoms with van der Waals surface area (Å²) < 4.78 is 29.5. The molecular weight excluding hydrogens is 660 g/mol. The quantitative estimate of drug-likeness (QED) is 0.156. The molecule has 2 aliphatic heterocycles. The van der Waals surface area contributed by atoms with Crippen molar-refractivity contribution in [1.29, 1.82) is 0 Å². The topological polar surface area (TPSA) is 155 Å². The zero-order valence-electron chi connectivity index (χ0n) is 27.1. The number of pyridine rings is 2. The summed E-state index contributed by atoms with van der Waals surface area (Å²) in [7, 11) is 0. The summed E-state index contributed by atoms with van der Waals surface area (Å²) in [6, 6.07) is 7.49. The second-order valence-corrected chi connectivity index (χ2v) is 13.3. The number of ether oxygens (including phenoxy) is 3. The predicted octanol–water partition coefficient (Wildman–Crippen LogP) is 6.07. The van der Waals surface area contributed by atoms with Gasteiger partial charge < -0.3 is 30.6 Å². The molecule has 15 heteroatoms. The van der Waals surface area contributed by atoms with Gasteiger partial charge in [-0.15, -0.1) is 0 Å². The van der Waals surface area contributed by atoms with Crippen LogP contribution >= 0.6 is 23.2 Å². The van der Waals surface area contributed by atoms with Gasteiger partial charge in [0.25, 0.3) is 0 Å². The maximum absolute atomic E-state index is 13.1. The zero-order chi connectivity index (χ0) is 34.1. The van der Waals surface area contributed by atoms with Crippen LogP contribution in [0.2, 0.25) is 10.0 Å². The molecule has 2 unspecified atom stereocenters. The largest absolute Gasteiger partial charge is 0.475 e. The van der Waals surface area contributed by atoms with E-state index in [1.165, 1.54) is 24.9 Å². The van der Waals surface area contributed by atoms with Gasteiger partial charge in [-0.1, -0.05) is 37.0 Å². The van der Waals surface area contributed by atoms with E-state index in [1.54, 1.807) is 18.3 Å². The highest BCUT2D eigenvalue weighted by Crippen LogP contribution is 2.29. The lowest BCUT2D eigenvalue weighted by Crippen LogP contribution is -2.43. The summed E-state index contributed by atoms with van der Waals surface area (Å²) in [6.07, 6.45) is 8.83. The number of hydrogen-bond acceptors (Lipinski definition) is 12. The third kappa shape index (κ3) is 10.4. The lowest BCUT2D eigenvalue weighted by molar-refractivity contribution is 0.195. The van der Waals surface area contributed by atoms with Crippen molar-refractivity contribution in [3.8, 4) is 28.4 Å². The summed E-state index contributed by atoms with van der Waals surface area (Å²) >= 11 is 12.1. The van der Waals surface area contributed by atoms with E-state index in [0.29, 0.717) is 53.7 Å². The summed E-state index contributed by atoms with van der Waals surface area (Å²) in [5.41, 5.74) is 8.67. The zero-order valence-corrected chi connectivity index (χ0v) is 28.6. The minimum absolute atomic E-state index is 0.0279. The smallest absolute Gasteiger partial charge is 0.232 e. The van der Waals surface area contributed by atoms with Crippen molar-refractivity contribution in [1.82, 2.24) is 29.9 Å². The molecule has 256 valence electrons. The van der Waals surface area contributed by atoms with Crippen LogP contribution in [-0.4, -0.2) is 80.6 Å². The van der Waals surface area contributed by atoms with Gasteiger partial charge in [0.2, 0.25) is 11.8 Å². The van der Waals surface area contributed by atoms with Crippen molar-refractivity contribution >= 4 is 34.8 Å². The van der Waals surface area contributed by atoms with Crippen molar-refractivity contribution in [2.45, 2.75) is 57.7 Å². The highest BCUT2D eigenvalue weighted by molar-refractivity contribution is 6.32. The van der Waals surface area contributed by atoms with Crippen LogP contribution < -0.4 is 21.1 Å². The number of rotatable bonds is 11. The monoisotopic (exact) mass is 699 g/mol. The molecule has 6 heterocycles. The van der Waals surface area contributed by atoms with Crippen LogP contribution in [0.25, 0.3) is 22.5 Å². The van der Waals surface area contributed by atoms with Gasteiger partial charge in [-0.2, -0.15) is 4.39 Å². The van der Waals surface area contributed by atoms with E-state index in [0.717, 1.165) is 49.6 Å². The van der Waals surface area contributed by atoms with Gasteiger partial charge >= 0.3 is 0 Å². The van der Waals surface area contributed by atoms with Crippen molar-refractivity contribution in [3.63, 3.8) is 0 Å². The first-order valence-corrected chi connectivity index (χ1v) is 16.5. The second-order valence-electron chi connectivity index (χ2n) is 12.5. The van der Waals surface area contributed by atoms with Crippen LogP contribution in [-0.2, 0) is 9.47 Å². The Hall–Kier alpha value is -3.75. The molecule has 12 nitrogen and oxygen atoms in total. The molecule has 0 bridgehead atoms. The summed E-state index contributed by atoms with van der Waals surface area (Å²) in [6.45, 7) is 9.48. The fourth-order valence-corrected chi connectivity index (χ4v) is 5.75. The van der Waals surface area contributed by atoms with Crippen molar-refractivity contribution in [2.24, 2.45) is 11.7 Å². The molecule has 0 radical (unpaired) electrons. The molecule has 6 rings (SSSR count). The fourth-order valence-electron chi connectivity index (χ4n) is 5.36. The van der Waals surface area contributed by atoms with E-state index in [2.05, 4.69) is 54.4 Å². The Morgan fingerprint density at radius 2 is 1.40 bits per heavy atom. The van der Waals surface area contributed by atoms with Crippen LogP contribution in [0.3, 0.4) is 0 Å². The summed E-state index contributed by atoms with van der Waals surface area (Å²) in [4.78, 5) is 24.9. The average molecular weight is 701 g/mol. The first kappa shape index (κ1) is 35.6. The molecule has 2 saturated heterocycles. The van der Waals surface area contributed by atoms with Gasteiger partial charge in [0, 0.05) is 54.4 Å². The first-order chi connectivity index (χ1) is 23.0. The number of aromatic nitrogens is 6. The Bertz CT molecular complexity index is 1650. The lowest BCUT2D eigenvalue weighted by atomic mass is 9.93. The molecule has 0 saturated carbocycles. The highest BCUT2D eigenvalue weighted by atomic mass is 35.5. The van der Waals surface area contributed by atoms with Crippen molar-refractivity contribution < 1.29 is 18.6 Å². The second kappa shape index (κ2) is 16.6. The highest BCUT2D eigenvalue weighted by Gasteiger charge is 2.22. The standard InChI is InChI=1S/C20H28ClN5O2.C13H12ClFN4O/c1-13(2)8-20(3,22)11-28-19-16(21)6-14(9-23-19)17-7-18(25-12-24-17)26-15-4-5-27-10-15;14-10-3-8(5-16-13(10)15)11-4-12(18-7-17-11)19-9-1-2-20-6-9/h6-7,9,12-13,15H,4-5,8,10-11,22H2,1-3H3,(H,24,25,26);3-5,7,9H,1-2,6H2,(H,17,18,19)/t15?,20-;/m0./s1. The molecule has 0 amide bonds. The van der Waals surface area contributed by atoms with Crippen LogP contribution in [0.15, 0.2) is 49.3 Å². The van der Waals surface area contributed by atoms with Gasteiger partial charge in [0.05, 0.1) is 41.7 Å². The predicted molar refractivity (Wildman–Crippen MR) is 184 cm³/mol. The number of nitrogens with zero attached hydrogens (tertiary/aromatic N) is 6. The molecule has 4 aromatic rings. The van der Waals surface area contributed by atoms with Gasteiger partial charge in [-0.3, -0.25) is 0 Å². The van der Waals surface area contributed by atoms with Gasteiger partial charge in [0.1, 0.15) is 35.9 Å². The number of anilines is 2. The Morgan fingerprint density at radius 1 is 0.854 bits per heavy atom. The van der Waals surface area contributed by atoms with E-state index < -0.39 is 11.5 Å². The molecule has 0 aromatic carbocycles. The summed E-state index contributed by atoms with van der Waals surface area (Å²) in [5.74, 6) is 1.63. The van der Waals surface area contributed by atoms with Gasteiger partial charge in [0.15, 0.2) is 0 Å². The Balaban J connectivity index is 0.000000198. The number of halogens is 3. The fraction of sp³-hybridized carbons (Fsp3) is 0.455. The van der Waals surface area contributed by atoms with E-state index in [1.807, 2.05) is 13.0 Å². The molecule has 3 atom stereocenters. The van der Waals surface area contributed by atoms with E-state index in [-0.39, 0.29) is 17.1 Å². The van der Waals surface area contributed by atoms with E-state index >= 15 is 0 Å². The number of hydrogen-bond donors (Lipinski definition) is 3. The third-order valence-electron chi connectivity index (χ3n) is 7.51. The Kier molecular flexibility index (Phi) is 12.3. The maximum atomic E-state index is 13.1. The molecular formula is C33H40Cl2FN9O3. The Labute approximate surface area is 289 Å². The molecule has 48 heavy (non-hydrogen) atoms. The van der Waals surface area contributed by atoms with Gasteiger partial charge in [-0.25, -0.2) is 29.9 Å². The molecule has 4 aromatic heterocycles. The van der Waals surface area contributed by atoms with Crippen LogP contribution in [0.5, 0.6) is 5.88 Å². The minimum Gasteiger partial charge on any atom is -0.475 e. The third-order valence-corrected chi connectivity index (χ3v) is 8.04. The number of nitrogens with two attached hydrogens (primary N) is 1. The van der Waals surface area contributed by atoms with Crippen LogP contribution in [0.4, 0.5) is 16.0 Å². The SMILES string of the molecule is CC(C)C[C@](C)(N)COc1ncc(-c2cc(NC3CCOC3)ncn2)cc1Cl.Fc1ncc(-c2cc(NC3CCOC3)ncn2)cc1Cl.